The highest BCUT2D eigenvalue weighted by Gasteiger charge is 2.21. The van der Waals surface area contributed by atoms with Crippen molar-refractivity contribution in [2.45, 2.75) is 0 Å². The van der Waals surface area contributed by atoms with Crippen LogP contribution in [0, 0.1) is 10.1 Å². The Balaban J connectivity index is 2.75. The molecule has 0 bridgehead atoms. The zero-order valence-electron chi connectivity index (χ0n) is 9.41. The third-order valence-corrected chi connectivity index (χ3v) is 2.66. The molecule has 0 aliphatic rings. The van der Waals surface area contributed by atoms with E-state index in [0.29, 0.717) is 0 Å². The second-order valence-electron chi connectivity index (χ2n) is 3.61. The molecular weight excluding hydrogens is 272 g/mol. The summed E-state index contributed by atoms with van der Waals surface area (Å²) in [5.74, 6) is -1.19. The molecule has 1 aromatic heterocycles. The number of carboxylic acids is 1. The number of hydrogen-bond acceptors (Lipinski definition) is 4. The maximum Gasteiger partial charge on any atom is 0.336 e. The van der Waals surface area contributed by atoms with E-state index in [1.807, 2.05) is 0 Å². The topological polar surface area (TPSA) is 93.3 Å². The van der Waals surface area contributed by atoms with E-state index < -0.39 is 10.9 Å². The van der Waals surface area contributed by atoms with E-state index in [-0.39, 0.29) is 27.7 Å². The second kappa shape index (κ2) is 5.03. The first-order chi connectivity index (χ1) is 9.00. The highest BCUT2D eigenvalue weighted by molar-refractivity contribution is 6.29. The van der Waals surface area contributed by atoms with Crippen LogP contribution in [0.2, 0.25) is 5.15 Å². The SMILES string of the molecule is O=C(O)c1ccccc1-c1nc(Cl)ccc1[N+](=O)[O-]. The van der Waals surface area contributed by atoms with E-state index in [1.165, 1.54) is 30.3 Å². The molecule has 1 N–H and O–H groups in total. The number of pyridine rings is 1. The molecule has 0 saturated heterocycles. The predicted molar refractivity (Wildman–Crippen MR) is 68.3 cm³/mol. The summed E-state index contributed by atoms with van der Waals surface area (Å²) >= 11 is 5.72. The number of nitro groups is 1. The molecule has 19 heavy (non-hydrogen) atoms. The Morgan fingerprint density at radius 1 is 1.26 bits per heavy atom. The van der Waals surface area contributed by atoms with Crippen LogP contribution in [0.3, 0.4) is 0 Å². The van der Waals surface area contributed by atoms with Crippen molar-refractivity contribution in [3.8, 4) is 11.3 Å². The summed E-state index contributed by atoms with van der Waals surface area (Å²) in [7, 11) is 0. The summed E-state index contributed by atoms with van der Waals surface area (Å²) in [6.07, 6.45) is 0. The number of nitrogens with zero attached hydrogens (tertiary/aromatic N) is 2. The van der Waals surface area contributed by atoms with Crippen molar-refractivity contribution in [2.24, 2.45) is 0 Å². The smallest absolute Gasteiger partial charge is 0.336 e. The Labute approximate surface area is 112 Å². The molecule has 0 saturated carbocycles. The Morgan fingerprint density at radius 2 is 1.95 bits per heavy atom. The van der Waals surface area contributed by atoms with E-state index in [4.69, 9.17) is 16.7 Å². The van der Waals surface area contributed by atoms with Gasteiger partial charge in [-0.25, -0.2) is 9.78 Å². The van der Waals surface area contributed by atoms with Crippen molar-refractivity contribution in [2.75, 3.05) is 0 Å². The Kier molecular flexibility index (Phi) is 3.43. The number of aromatic carboxylic acids is 1. The normalized spacial score (nSPS) is 10.2. The third-order valence-electron chi connectivity index (χ3n) is 2.45. The highest BCUT2D eigenvalue weighted by Crippen LogP contribution is 2.31. The number of benzene rings is 1. The third kappa shape index (κ3) is 2.53. The summed E-state index contributed by atoms with van der Waals surface area (Å²) in [6.45, 7) is 0. The van der Waals surface area contributed by atoms with E-state index in [1.54, 1.807) is 6.07 Å². The van der Waals surface area contributed by atoms with Crippen LogP contribution in [0.5, 0.6) is 0 Å². The molecule has 7 heteroatoms. The molecule has 0 amide bonds. The molecule has 0 aliphatic heterocycles. The number of halogens is 1. The second-order valence-corrected chi connectivity index (χ2v) is 4.00. The quantitative estimate of drug-likeness (QED) is 0.529. The van der Waals surface area contributed by atoms with Gasteiger partial charge < -0.3 is 5.11 Å². The molecule has 1 heterocycles. The van der Waals surface area contributed by atoms with Gasteiger partial charge in [-0.05, 0) is 12.1 Å². The number of aromatic nitrogens is 1. The van der Waals surface area contributed by atoms with E-state index in [0.717, 1.165) is 0 Å². The Bertz CT molecular complexity index is 673. The average Bonchev–Trinajstić information content (AvgIpc) is 2.38. The fourth-order valence-electron chi connectivity index (χ4n) is 1.65. The molecule has 0 spiro atoms. The van der Waals surface area contributed by atoms with Gasteiger partial charge >= 0.3 is 5.97 Å². The van der Waals surface area contributed by atoms with E-state index in [2.05, 4.69) is 4.98 Å². The van der Waals surface area contributed by atoms with Gasteiger partial charge in [0.15, 0.2) is 5.69 Å². The first kappa shape index (κ1) is 13.0. The van der Waals surface area contributed by atoms with Gasteiger partial charge in [0.1, 0.15) is 5.15 Å². The summed E-state index contributed by atoms with van der Waals surface area (Å²) in [4.78, 5) is 25.3. The van der Waals surface area contributed by atoms with Gasteiger partial charge in [0.25, 0.3) is 5.69 Å². The number of rotatable bonds is 3. The van der Waals surface area contributed by atoms with Gasteiger partial charge in [-0.2, -0.15) is 0 Å². The predicted octanol–water partition coefficient (Wildman–Crippen LogP) is 3.01. The Morgan fingerprint density at radius 3 is 2.58 bits per heavy atom. The van der Waals surface area contributed by atoms with Crippen LogP contribution in [-0.2, 0) is 0 Å². The van der Waals surface area contributed by atoms with Gasteiger partial charge in [0.05, 0.1) is 10.5 Å². The molecule has 0 unspecified atom stereocenters. The summed E-state index contributed by atoms with van der Waals surface area (Å²) in [5, 5.41) is 20.1. The van der Waals surface area contributed by atoms with E-state index >= 15 is 0 Å². The van der Waals surface area contributed by atoms with Crippen molar-refractivity contribution in [1.82, 2.24) is 4.98 Å². The average molecular weight is 279 g/mol. The number of carboxylic acid groups (broad SMARTS) is 1. The standard InChI is InChI=1S/C12H7ClN2O4/c13-10-6-5-9(15(18)19)11(14-10)7-3-1-2-4-8(7)12(16)17/h1-6H,(H,16,17). The first-order valence-corrected chi connectivity index (χ1v) is 5.52. The van der Waals surface area contributed by atoms with Crippen LogP contribution in [0.15, 0.2) is 36.4 Å². The van der Waals surface area contributed by atoms with Crippen molar-refractivity contribution in [3.63, 3.8) is 0 Å². The maximum atomic E-state index is 11.1. The Hall–Kier alpha value is -2.47. The zero-order valence-corrected chi connectivity index (χ0v) is 10.2. The largest absolute Gasteiger partial charge is 0.478 e. The van der Waals surface area contributed by atoms with Crippen molar-refractivity contribution in [1.29, 1.82) is 0 Å². The van der Waals surface area contributed by atoms with E-state index in [9.17, 15) is 14.9 Å². The van der Waals surface area contributed by atoms with Gasteiger partial charge in [0, 0.05) is 11.6 Å². The first-order valence-electron chi connectivity index (χ1n) is 5.14. The minimum atomic E-state index is -1.19. The van der Waals surface area contributed by atoms with Crippen LogP contribution >= 0.6 is 11.6 Å². The lowest BCUT2D eigenvalue weighted by atomic mass is 10.0. The summed E-state index contributed by atoms with van der Waals surface area (Å²) in [6, 6.07) is 8.40. The molecule has 2 aromatic rings. The van der Waals surface area contributed by atoms with Crippen LogP contribution < -0.4 is 0 Å². The van der Waals surface area contributed by atoms with Crippen molar-refractivity contribution >= 4 is 23.3 Å². The van der Waals surface area contributed by atoms with Gasteiger partial charge in [-0.3, -0.25) is 10.1 Å². The van der Waals surface area contributed by atoms with Gasteiger partial charge in [-0.15, -0.1) is 0 Å². The number of carbonyl (C=O) groups is 1. The fraction of sp³-hybridized carbons (Fsp3) is 0. The molecule has 0 atom stereocenters. The highest BCUT2D eigenvalue weighted by atomic mass is 35.5. The van der Waals surface area contributed by atoms with Crippen molar-refractivity contribution in [3.05, 3.63) is 57.2 Å². The van der Waals surface area contributed by atoms with Gasteiger partial charge in [0.2, 0.25) is 0 Å². The minimum Gasteiger partial charge on any atom is -0.478 e. The molecule has 6 nitrogen and oxygen atoms in total. The van der Waals surface area contributed by atoms with Crippen LogP contribution in [0.4, 0.5) is 5.69 Å². The molecule has 0 aliphatic carbocycles. The number of hydrogen-bond donors (Lipinski definition) is 1. The maximum absolute atomic E-state index is 11.1. The lowest BCUT2D eigenvalue weighted by Gasteiger charge is -2.06. The lowest BCUT2D eigenvalue weighted by Crippen LogP contribution is -2.02. The van der Waals surface area contributed by atoms with Gasteiger partial charge in [-0.1, -0.05) is 29.8 Å². The lowest BCUT2D eigenvalue weighted by molar-refractivity contribution is -0.384. The summed E-state index contributed by atoms with van der Waals surface area (Å²) in [5.41, 5.74) is -0.266. The van der Waals surface area contributed by atoms with Crippen LogP contribution in [-0.4, -0.2) is 21.0 Å². The molecular formula is C12H7ClN2O4. The minimum absolute atomic E-state index is 0.0563. The molecule has 0 radical (unpaired) electrons. The van der Waals surface area contributed by atoms with Crippen molar-refractivity contribution < 1.29 is 14.8 Å². The zero-order chi connectivity index (χ0) is 14.0. The van der Waals surface area contributed by atoms with Crippen LogP contribution in [0.25, 0.3) is 11.3 Å². The monoisotopic (exact) mass is 278 g/mol. The molecule has 0 fully saturated rings. The fourth-order valence-corrected chi connectivity index (χ4v) is 1.80. The summed E-state index contributed by atoms with van der Waals surface area (Å²) < 4.78 is 0. The molecule has 1 aromatic carbocycles. The van der Waals surface area contributed by atoms with Crippen LogP contribution in [0.1, 0.15) is 10.4 Å². The molecule has 2 rings (SSSR count). The molecule has 96 valence electrons.